The number of nitrogens with one attached hydrogen (secondary N) is 1. The first-order valence-corrected chi connectivity index (χ1v) is 9.60. The standard InChI is InChI=1S/C14H24ClN3O2S/c1-4-18-12(14(15)10(2)17-18)9-11(16-3)13-7-5-6-8-21(13,19)20/h11,13,16H,4-9H2,1-3H3. The van der Waals surface area contributed by atoms with E-state index in [0.29, 0.717) is 17.2 Å². The van der Waals surface area contributed by atoms with Gasteiger partial charge in [0, 0.05) is 19.0 Å². The summed E-state index contributed by atoms with van der Waals surface area (Å²) in [5.41, 5.74) is 1.73. The van der Waals surface area contributed by atoms with Gasteiger partial charge in [-0.3, -0.25) is 4.68 Å². The number of rotatable bonds is 5. The summed E-state index contributed by atoms with van der Waals surface area (Å²) in [6, 6.07) is -0.116. The van der Waals surface area contributed by atoms with Crippen molar-refractivity contribution in [2.45, 2.75) is 57.4 Å². The molecule has 0 radical (unpaired) electrons. The van der Waals surface area contributed by atoms with E-state index >= 15 is 0 Å². The molecule has 21 heavy (non-hydrogen) atoms. The molecular formula is C14H24ClN3O2S. The Balaban J connectivity index is 2.27. The van der Waals surface area contributed by atoms with Crippen molar-refractivity contribution in [2.24, 2.45) is 0 Å². The van der Waals surface area contributed by atoms with Gasteiger partial charge in [0.15, 0.2) is 9.84 Å². The Kier molecular flexibility index (Phi) is 5.33. The third-order valence-corrected chi connectivity index (χ3v) is 7.15. The molecule has 0 spiro atoms. The second-order valence-corrected chi connectivity index (χ2v) is 8.38. The third-order valence-electron chi connectivity index (χ3n) is 4.31. The van der Waals surface area contributed by atoms with Gasteiger partial charge < -0.3 is 5.32 Å². The largest absolute Gasteiger partial charge is 0.315 e. The number of aromatic nitrogens is 2. The number of sulfone groups is 1. The van der Waals surface area contributed by atoms with Crippen LogP contribution in [0, 0.1) is 6.92 Å². The summed E-state index contributed by atoms with van der Waals surface area (Å²) in [4.78, 5) is 0. The summed E-state index contributed by atoms with van der Waals surface area (Å²) in [5.74, 6) is 0.301. The average Bonchev–Trinajstić information content (AvgIpc) is 2.72. The molecule has 0 aromatic carbocycles. The maximum atomic E-state index is 12.3. The molecule has 1 aromatic rings. The Morgan fingerprint density at radius 1 is 1.48 bits per heavy atom. The zero-order valence-electron chi connectivity index (χ0n) is 12.9. The normalized spacial score (nSPS) is 23.1. The molecule has 0 bridgehead atoms. The second-order valence-electron chi connectivity index (χ2n) is 5.66. The van der Waals surface area contributed by atoms with Crippen LogP contribution in [0.1, 0.15) is 37.6 Å². The topological polar surface area (TPSA) is 64.0 Å². The van der Waals surface area contributed by atoms with Crippen LogP contribution < -0.4 is 5.32 Å². The smallest absolute Gasteiger partial charge is 0.154 e. The summed E-state index contributed by atoms with van der Waals surface area (Å²) in [7, 11) is -1.19. The van der Waals surface area contributed by atoms with Crippen molar-refractivity contribution in [3.63, 3.8) is 0 Å². The van der Waals surface area contributed by atoms with E-state index in [-0.39, 0.29) is 11.3 Å². The minimum Gasteiger partial charge on any atom is -0.315 e. The first-order chi connectivity index (χ1) is 9.90. The molecule has 1 aromatic heterocycles. The number of aryl methyl sites for hydroxylation is 2. The second kappa shape index (κ2) is 6.67. The lowest BCUT2D eigenvalue weighted by molar-refractivity contribution is 0.445. The van der Waals surface area contributed by atoms with Crippen LogP contribution in [0.3, 0.4) is 0 Å². The van der Waals surface area contributed by atoms with E-state index < -0.39 is 9.84 Å². The number of hydrogen-bond donors (Lipinski definition) is 1. The van der Waals surface area contributed by atoms with Gasteiger partial charge in [-0.25, -0.2) is 8.42 Å². The zero-order chi connectivity index (χ0) is 15.6. The fourth-order valence-corrected chi connectivity index (χ4v) is 5.50. The van der Waals surface area contributed by atoms with Gasteiger partial charge in [-0.05, 0) is 33.7 Å². The van der Waals surface area contributed by atoms with Gasteiger partial charge in [-0.15, -0.1) is 0 Å². The molecule has 0 amide bonds. The maximum absolute atomic E-state index is 12.3. The van der Waals surface area contributed by atoms with Crippen LogP contribution in [-0.4, -0.2) is 42.3 Å². The highest BCUT2D eigenvalue weighted by atomic mass is 35.5. The highest BCUT2D eigenvalue weighted by Gasteiger charge is 2.35. The predicted molar refractivity (Wildman–Crippen MR) is 85.6 cm³/mol. The summed E-state index contributed by atoms with van der Waals surface area (Å²) >= 11 is 6.34. The molecule has 2 atom stereocenters. The lowest BCUT2D eigenvalue weighted by Gasteiger charge is -2.30. The molecule has 2 unspecified atom stereocenters. The summed E-state index contributed by atoms with van der Waals surface area (Å²) < 4.78 is 26.5. The molecule has 120 valence electrons. The van der Waals surface area contributed by atoms with Crippen molar-refractivity contribution < 1.29 is 8.42 Å². The van der Waals surface area contributed by atoms with Crippen molar-refractivity contribution in [2.75, 3.05) is 12.8 Å². The van der Waals surface area contributed by atoms with Gasteiger partial charge in [0.1, 0.15) is 0 Å². The van der Waals surface area contributed by atoms with E-state index in [4.69, 9.17) is 11.6 Å². The van der Waals surface area contributed by atoms with Crippen molar-refractivity contribution in [1.29, 1.82) is 0 Å². The molecule has 1 N–H and O–H groups in total. The minimum absolute atomic E-state index is 0.116. The van der Waals surface area contributed by atoms with Crippen LogP contribution in [0.4, 0.5) is 0 Å². The molecule has 7 heteroatoms. The quantitative estimate of drug-likeness (QED) is 0.894. The Labute approximate surface area is 132 Å². The number of hydrogen-bond acceptors (Lipinski definition) is 4. The maximum Gasteiger partial charge on any atom is 0.154 e. The fraction of sp³-hybridized carbons (Fsp3) is 0.786. The molecule has 5 nitrogen and oxygen atoms in total. The molecule has 1 aliphatic rings. The monoisotopic (exact) mass is 333 g/mol. The minimum atomic E-state index is -3.02. The molecule has 2 rings (SSSR count). The van der Waals surface area contributed by atoms with Crippen molar-refractivity contribution in [3.05, 3.63) is 16.4 Å². The molecular weight excluding hydrogens is 310 g/mol. The van der Waals surface area contributed by atoms with Gasteiger partial charge in [-0.2, -0.15) is 5.10 Å². The molecule has 0 saturated carbocycles. The Morgan fingerprint density at radius 3 is 2.76 bits per heavy atom. The van der Waals surface area contributed by atoms with Crippen LogP contribution in [0.2, 0.25) is 5.02 Å². The molecule has 2 heterocycles. The Bertz CT molecular complexity index is 598. The van der Waals surface area contributed by atoms with Crippen LogP contribution >= 0.6 is 11.6 Å². The Morgan fingerprint density at radius 2 is 2.19 bits per heavy atom. The van der Waals surface area contributed by atoms with Gasteiger partial charge in [0.05, 0.1) is 27.4 Å². The molecule has 1 saturated heterocycles. The predicted octanol–water partition coefficient (Wildman–Crippen LogP) is 1.96. The van der Waals surface area contributed by atoms with E-state index in [1.54, 1.807) is 0 Å². The average molecular weight is 334 g/mol. The van der Waals surface area contributed by atoms with E-state index in [1.807, 2.05) is 25.6 Å². The van der Waals surface area contributed by atoms with E-state index in [2.05, 4.69) is 10.4 Å². The van der Waals surface area contributed by atoms with E-state index in [9.17, 15) is 8.42 Å². The van der Waals surface area contributed by atoms with Crippen molar-refractivity contribution in [3.8, 4) is 0 Å². The van der Waals surface area contributed by atoms with Gasteiger partial charge >= 0.3 is 0 Å². The number of nitrogens with zero attached hydrogens (tertiary/aromatic N) is 2. The highest BCUT2D eigenvalue weighted by Crippen LogP contribution is 2.27. The molecule has 0 aliphatic carbocycles. The van der Waals surface area contributed by atoms with Crippen LogP contribution in [0.25, 0.3) is 0 Å². The van der Waals surface area contributed by atoms with Crippen molar-refractivity contribution >= 4 is 21.4 Å². The van der Waals surface area contributed by atoms with Gasteiger partial charge in [-0.1, -0.05) is 18.0 Å². The fourth-order valence-electron chi connectivity index (χ4n) is 3.12. The van der Waals surface area contributed by atoms with Crippen LogP contribution in [0.15, 0.2) is 0 Å². The lowest BCUT2D eigenvalue weighted by atomic mass is 10.0. The summed E-state index contributed by atoms with van der Waals surface area (Å²) in [6.45, 7) is 4.62. The van der Waals surface area contributed by atoms with E-state index in [1.165, 1.54) is 0 Å². The lowest BCUT2D eigenvalue weighted by Crippen LogP contribution is -2.46. The van der Waals surface area contributed by atoms with Crippen molar-refractivity contribution in [1.82, 2.24) is 15.1 Å². The van der Waals surface area contributed by atoms with Crippen LogP contribution in [0.5, 0.6) is 0 Å². The number of halogens is 1. The van der Waals surface area contributed by atoms with Crippen LogP contribution in [-0.2, 0) is 22.8 Å². The molecule has 1 fully saturated rings. The Hall–Kier alpha value is -0.590. The zero-order valence-corrected chi connectivity index (χ0v) is 14.5. The highest BCUT2D eigenvalue weighted by molar-refractivity contribution is 7.92. The summed E-state index contributed by atoms with van der Waals surface area (Å²) in [5, 5.41) is 7.92. The third kappa shape index (κ3) is 3.43. The van der Waals surface area contributed by atoms with Gasteiger partial charge in [0.25, 0.3) is 0 Å². The van der Waals surface area contributed by atoms with E-state index in [0.717, 1.165) is 37.2 Å². The first kappa shape index (κ1) is 16.8. The number of likely N-dealkylation sites (N-methyl/N-ethyl adjacent to an activating group) is 1. The first-order valence-electron chi connectivity index (χ1n) is 7.51. The SMILES string of the molecule is CCn1nc(C)c(Cl)c1CC(NC)C1CCCCS1(=O)=O. The molecule has 1 aliphatic heterocycles. The van der Waals surface area contributed by atoms with Gasteiger partial charge in [0.2, 0.25) is 0 Å². The summed E-state index contributed by atoms with van der Waals surface area (Å²) in [6.07, 6.45) is 3.07.